The summed E-state index contributed by atoms with van der Waals surface area (Å²) in [5.41, 5.74) is 0. The molecule has 0 aliphatic carbocycles. The Labute approximate surface area is 69.5 Å². The molecule has 0 unspecified atom stereocenters. The Hall–Kier alpha value is -0.0800. The highest BCUT2D eigenvalue weighted by atomic mass is 16.5. The molecule has 0 aromatic carbocycles. The van der Waals surface area contributed by atoms with Crippen molar-refractivity contribution in [2.75, 3.05) is 19.9 Å². The van der Waals surface area contributed by atoms with E-state index in [4.69, 9.17) is 4.74 Å². The van der Waals surface area contributed by atoms with Gasteiger partial charge in [0.1, 0.15) is 0 Å². The molecule has 0 bridgehead atoms. The van der Waals surface area contributed by atoms with Crippen LogP contribution in [0.5, 0.6) is 0 Å². The summed E-state index contributed by atoms with van der Waals surface area (Å²) in [6, 6.07) is 0.625. The lowest BCUT2D eigenvalue weighted by Crippen LogP contribution is -2.32. The van der Waals surface area contributed by atoms with Crippen molar-refractivity contribution in [3.8, 4) is 0 Å². The molecule has 0 spiro atoms. The minimum Gasteiger partial charge on any atom is -0.366 e. The van der Waals surface area contributed by atoms with E-state index in [0.717, 1.165) is 19.3 Å². The third kappa shape index (κ3) is 2.80. The second kappa shape index (κ2) is 4.07. The number of ether oxygens (including phenoxy) is 1. The summed E-state index contributed by atoms with van der Waals surface area (Å²) in [5.74, 6) is 0.735. The van der Waals surface area contributed by atoms with Crippen LogP contribution in [0.15, 0.2) is 0 Å². The summed E-state index contributed by atoms with van der Waals surface area (Å²) >= 11 is 0. The SMILES string of the molecule is CC(C)N1CC[C@H](C)COC1. The molecule has 0 aromatic heterocycles. The van der Waals surface area contributed by atoms with E-state index >= 15 is 0 Å². The van der Waals surface area contributed by atoms with Gasteiger partial charge in [-0.05, 0) is 26.2 Å². The zero-order chi connectivity index (χ0) is 8.27. The molecule has 2 heteroatoms. The normalized spacial score (nSPS) is 28.9. The minimum atomic E-state index is 0.625. The van der Waals surface area contributed by atoms with Crippen LogP contribution < -0.4 is 0 Å². The van der Waals surface area contributed by atoms with E-state index in [1.807, 2.05) is 0 Å². The Kier molecular flexibility index (Phi) is 3.34. The molecule has 1 aliphatic heterocycles. The van der Waals surface area contributed by atoms with Crippen LogP contribution >= 0.6 is 0 Å². The lowest BCUT2D eigenvalue weighted by Gasteiger charge is -2.23. The average Bonchev–Trinajstić information content (AvgIpc) is 2.13. The molecule has 1 heterocycles. The molecular formula is C9H19NO. The number of hydrogen-bond acceptors (Lipinski definition) is 2. The fourth-order valence-corrected chi connectivity index (χ4v) is 1.31. The smallest absolute Gasteiger partial charge is 0.0992 e. The second-order valence-corrected chi connectivity index (χ2v) is 3.80. The maximum atomic E-state index is 5.51. The molecule has 1 aliphatic rings. The predicted molar refractivity (Wildman–Crippen MR) is 46.4 cm³/mol. The van der Waals surface area contributed by atoms with Crippen molar-refractivity contribution in [1.82, 2.24) is 4.90 Å². The van der Waals surface area contributed by atoms with E-state index in [9.17, 15) is 0 Å². The van der Waals surface area contributed by atoms with Gasteiger partial charge in [-0.15, -0.1) is 0 Å². The molecule has 0 radical (unpaired) electrons. The van der Waals surface area contributed by atoms with Crippen LogP contribution in [0.25, 0.3) is 0 Å². The second-order valence-electron chi connectivity index (χ2n) is 3.80. The molecule has 0 saturated carbocycles. The van der Waals surface area contributed by atoms with Crippen LogP contribution in [0.1, 0.15) is 27.2 Å². The van der Waals surface area contributed by atoms with Gasteiger partial charge in [-0.3, -0.25) is 4.90 Å². The zero-order valence-electron chi connectivity index (χ0n) is 7.84. The number of nitrogens with zero attached hydrogens (tertiary/aromatic N) is 1. The van der Waals surface area contributed by atoms with Crippen LogP contribution in [-0.2, 0) is 4.74 Å². The fourth-order valence-electron chi connectivity index (χ4n) is 1.31. The van der Waals surface area contributed by atoms with Gasteiger partial charge in [0.05, 0.1) is 13.3 Å². The molecule has 1 atom stereocenters. The van der Waals surface area contributed by atoms with Crippen LogP contribution in [0.2, 0.25) is 0 Å². The Morgan fingerprint density at radius 1 is 1.45 bits per heavy atom. The van der Waals surface area contributed by atoms with E-state index in [-0.39, 0.29) is 0 Å². The first kappa shape index (κ1) is 9.01. The molecule has 11 heavy (non-hydrogen) atoms. The summed E-state index contributed by atoms with van der Waals surface area (Å²) < 4.78 is 5.51. The van der Waals surface area contributed by atoms with Gasteiger partial charge in [0, 0.05) is 12.6 Å². The molecule has 1 rings (SSSR count). The highest BCUT2D eigenvalue weighted by Crippen LogP contribution is 2.11. The lowest BCUT2D eigenvalue weighted by atomic mass is 10.1. The van der Waals surface area contributed by atoms with Crippen molar-refractivity contribution in [3.05, 3.63) is 0 Å². The molecule has 0 aromatic rings. The van der Waals surface area contributed by atoms with E-state index in [2.05, 4.69) is 25.7 Å². The van der Waals surface area contributed by atoms with Gasteiger partial charge in [0.2, 0.25) is 0 Å². The van der Waals surface area contributed by atoms with Gasteiger partial charge in [0.15, 0.2) is 0 Å². The van der Waals surface area contributed by atoms with Crippen molar-refractivity contribution >= 4 is 0 Å². The summed E-state index contributed by atoms with van der Waals surface area (Å²) in [5, 5.41) is 0. The van der Waals surface area contributed by atoms with Gasteiger partial charge >= 0.3 is 0 Å². The van der Waals surface area contributed by atoms with Crippen molar-refractivity contribution in [2.45, 2.75) is 33.2 Å². The van der Waals surface area contributed by atoms with Gasteiger partial charge < -0.3 is 4.74 Å². The van der Waals surface area contributed by atoms with Crippen LogP contribution in [-0.4, -0.2) is 30.8 Å². The Morgan fingerprint density at radius 2 is 2.18 bits per heavy atom. The maximum absolute atomic E-state index is 5.51. The zero-order valence-corrected chi connectivity index (χ0v) is 7.84. The fraction of sp³-hybridized carbons (Fsp3) is 1.00. The van der Waals surface area contributed by atoms with Gasteiger partial charge in [0.25, 0.3) is 0 Å². The molecule has 0 N–H and O–H groups in total. The van der Waals surface area contributed by atoms with Gasteiger partial charge in [-0.1, -0.05) is 6.92 Å². The lowest BCUT2D eigenvalue weighted by molar-refractivity contribution is 0.0268. The first-order chi connectivity index (χ1) is 5.20. The molecule has 0 amide bonds. The summed E-state index contributed by atoms with van der Waals surface area (Å²) in [7, 11) is 0. The van der Waals surface area contributed by atoms with E-state index in [0.29, 0.717) is 6.04 Å². The maximum Gasteiger partial charge on any atom is 0.0992 e. The summed E-state index contributed by atoms with van der Waals surface area (Å²) in [6.45, 7) is 9.65. The molecule has 2 nitrogen and oxygen atoms in total. The third-order valence-electron chi connectivity index (χ3n) is 2.30. The topological polar surface area (TPSA) is 12.5 Å². The number of hydrogen-bond donors (Lipinski definition) is 0. The van der Waals surface area contributed by atoms with E-state index < -0.39 is 0 Å². The van der Waals surface area contributed by atoms with E-state index in [1.165, 1.54) is 13.0 Å². The Morgan fingerprint density at radius 3 is 2.82 bits per heavy atom. The minimum absolute atomic E-state index is 0.625. The van der Waals surface area contributed by atoms with Crippen LogP contribution in [0.4, 0.5) is 0 Å². The Bertz CT molecular complexity index is 114. The molecule has 1 saturated heterocycles. The van der Waals surface area contributed by atoms with Crippen molar-refractivity contribution in [2.24, 2.45) is 5.92 Å². The molecule has 1 fully saturated rings. The van der Waals surface area contributed by atoms with E-state index in [1.54, 1.807) is 0 Å². The standard InChI is InChI=1S/C9H19NO/c1-8(2)10-5-4-9(3)6-11-7-10/h8-9H,4-7H2,1-3H3/t9-/m0/s1. The Balaban J connectivity index is 2.34. The van der Waals surface area contributed by atoms with Crippen molar-refractivity contribution in [1.29, 1.82) is 0 Å². The van der Waals surface area contributed by atoms with Crippen LogP contribution in [0.3, 0.4) is 0 Å². The highest BCUT2D eigenvalue weighted by Gasteiger charge is 2.15. The van der Waals surface area contributed by atoms with Gasteiger partial charge in [-0.25, -0.2) is 0 Å². The largest absolute Gasteiger partial charge is 0.366 e. The first-order valence-electron chi connectivity index (χ1n) is 4.52. The number of rotatable bonds is 1. The first-order valence-corrected chi connectivity index (χ1v) is 4.52. The van der Waals surface area contributed by atoms with Crippen molar-refractivity contribution < 1.29 is 4.74 Å². The summed E-state index contributed by atoms with van der Waals surface area (Å²) in [4.78, 5) is 2.38. The molecular weight excluding hydrogens is 138 g/mol. The highest BCUT2D eigenvalue weighted by molar-refractivity contribution is 4.64. The predicted octanol–water partition coefficient (Wildman–Crippen LogP) is 1.71. The average molecular weight is 157 g/mol. The third-order valence-corrected chi connectivity index (χ3v) is 2.30. The van der Waals surface area contributed by atoms with Crippen LogP contribution in [0, 0.1) is 5.92 Å². The quantitative estimate of drug-likeness (QED) is 0.574. The van der Waals surface area contributed by atoms with Gasteiger partial charge in [-0.2, -0.15) is 0 Å². The molecule has 66 valence electrons. The van der Waals surface area contributed by atoms with Crippen molar-refractivity contribution in [3.63, 3.8) is 0 Å². The monoisotopic (exact) mass is 157 g/mol. The summed E-state index contributed by atoms with van der Waals surface area (Å²) in [6.07, 6.45) is 1.28.